The molecule has 0 atom stereocenters. The van der Waals surface area contributed by atoms with E-state index in [2.05, 4.69) is 36.9 Å². The van der Waals surface area contributed by atoms with Gasteiger partial charge in [-0.05, 0) is 36.4 Å². The van der Waals surface area contributed by atoms with Gasteiger partial charge < -0.3 is 9.88 Å². The van der Waals surface area contributed by atoms with Crippen molar-refractivity contribution in [2.45, 2.75) is 6.67 Å². The van der Waals surface area contributed by atoms with Crippen LogP contribution in [0.2, 0.25) is 0 Å². The molecule has 0 fully saturated rings. The topological polar surface area (TPSA) is 29.9 Å². The Kier molecular flexibility index (Phi) is 3.02. The third-order valence-electron chi connectivity index (χ3n) is 2.83. The van der Waals surface area contributed by atoms with E-state index < -0.39 is 0 Å². The van der Waals surface area contributed by atoms with Gasteiger partial charge in [0.05, 0.1) is 24.0 Å². The fourth-order valence-electron chi connectivity index (χ4n) is 1.88. The molecule has 0 bridgehead atoms. The number of hydrogen-bond acceptors (Lipinski definition) is 2. The van der Waals surface area contributed by atoms with E-state index in [1.165, 1.54) is 0 Å². The third kappa shape index (κ3) is 2.24. The molecule has 3 rings (SSSR count). The summed E-state index contributed by atoms with van der Waals surface area (Å²) in [7, 11) is 0. The number of hydrogen-bond donors (Lipinski definition) is 1. The maximum Gasteiger partial charge on any atom is 0.0973 e. The average molecular weight is 302 g/mol. The summed E-state index contributed by atoms with van der Waals surface area (Å²) in [6, 6.07) is 16.3. The van der Waals surface area contributed by atoms with Gasteiger partial charge in [0.15, 0.2) is 0 Å². The molecule has 1 aromatic heterocycles. The first-order valence-electron chi connectivity index (χ1n) is 5.72. The zero-order chi connectivity index (χ0) is 12.4. The smallest absolute Gasteiger partial charge is 0.0973 e. The van der Waals surface area contributed by atoms with Crippen LogP contribution in [0, 0.1) is 0 Å². The first kappa shape index (κ1) is 11.3. The minimum atomic E-state index is 0.710. The Bertz CT molecular complexity index is 658. The molecule has 0 amide bonds. The highest BCUT2D eigenvalue weighted by Gasteiger charge is 2.00. The largest absolute Gasteiger partial charge is 0.367 e. The number of nitrogens with one attached hydrogen (secondary N) is 1. The quantitative estimate of drug-likeness (QED) is 0.796. The van der Waals surface area contributed by atoms with Gasteiger partial charge in [-0.3, -0.25) is 0 Å². The number of aromatic nitrogens is 2. The Morgan fingerprint density at radius 3 is 2.67 bits per heavy atom. The number of benzene rings is 2. The second-order valence-electron chi connectivity index (χ2n) is 4.04. The van der Waals surface area contributed by atoms with Crippen LogP contribution in [0.4, 0.5) is 5.69 Å². The summed E-state index contributed by atoms with van der Waals surface area (Å²) in [5.74, 6) is 0. The molecule has 0 aliphatic carbocycles. The maximum atomic E-state index is 4.36. The lowest BCUT2D eigenvalue weighted by molar-refractivity contribution is 0.800. The number of para-hydroxylation sites is 2. The van der Waals surface area contributed by atoms with Gasteiger partial charge in [0.2, 0.25) is 0 Å². The van der Waals surface area contributed by atoms with Crippen LogP contribution in [0.15, 0.2) is 59.3 Å². The Morgan fingerprint density at radius 2 is 1.83 bits per heavy atom. The molecule has 0 unspecified atom stereocenters. The first-order valence-corrected chi connectivity index (χ1v) is 6.51. The van der Waals surface area contributed by atoms with E-state index in [1.807, 2.05) is 48.8 Å². The van der Waals surface area contributed by atoms with Crippen LogP contribution < -0.4 is 5.32 Å². The van der Waals surface area contributed by atoms with Crippen LogP contribution in [-0.2, 0) is 6.67 Å². The van der Waals surface area contributed by atoms with Gasteiger partial charge >= 0.3 is 0 Å². The number of imidazole rings is 1. The van der Waals surface area contributed by atoms with Crippen molar-refractivity contribution < 1.29 is 0 Å². The molecule has 4 heteroatoms. The normalized spacial score (nSPS) is 10.7. The van der Waals surface area contributed by atoms with Crippen molar-refractivity contribution in [1.82, 2.24) is 9.55 Å². The molecule has 0 aliphatic heterocycles. The predicted octanol–water partition coefficient (Wildman–Crippen LogP) is 3.87. The van der Waals surface area contributed by atoms with Crippen molar-refractivity contribution >= 4 is 32.7 Å². The Labute approximate surface area is 114 Å². The van der Waals surface area contributed by atoms with Crippen LogP contribution in [0.5, 0.6) is 0 Å². The molecule has 1 N–H and O–H groups in total. The van der Waals surface area contributed by atoms with Crippen LogP contribution in [0.3, 0.4) is 0 Å². The maximum absolute atomic E-state index is 4.36. The molecule has 18 heavy (non-hydrogen) atoms. The highest BCUT2D eigenvalue weighted by Crippen LogP contribution is 2.15. The van der Waals surface area contributed by atoms with Crippen LogP contribution in [0.1, 0.15) is 0 Å². The van der Waals surface area contributed by atoms with Gasteiger partial charge in [0, 0.05) is 10.2 Å². The van der Waals surface area contributed by atoms with Crippen molar-refractivity contribution in [2.75, 3.05) is 5.32 Å². The van der Waals surface area contributed by atoms with Crippen molar-refractivity contribution in [3.05, 3.63) is 59.3 Å². The molecule has 0 saturated carbocycles. The first-order chi connectivity index (χ1) is 8.83. The van der Waals surface area contributed by atoms with E-state index in [-0.39, 0.29) is 0 Å². The molecule has 3 aromatic rings. The summed E-state index contributed by atoms with van der Waals surface area (Å²) >= 11 is 3.42. The summed E-state index contributed by atoms with van der Waals surface area (Å²) in [5, 5.41) is 3.37. The zero-order valence-electron chi connectivity index (χ0n) is 9.68. The molecular formula is C14H12BrN3. The fraction of sp³-hybridized carbons (Fsp3) is 0.0714. The lowest BCUT2D eigenvalue weighted by Crippen LogP contribution is -2.06. The van der Waals surface area contributed by atoms with Gasteiger partial charge in [0.1, 0.15) is 0 Å². The van der Waals surface area contributed by atoms with Crippen molar-refractivity contribution in [1.29, 1.82) is 0 Å². The second-order valence-corrected chi connectivity index (χ2v) is 4.96. The Balaban J connectivity index is 1.79. The minimum Gasteiger partial charge on any atom is -0.367 e. The van der Waals surface area contributed by atoms with Crippen molar-refractivity contribution in [3.8, 4) is 0 Å². The van der Waals surface area contributed by atoms with E-state index in [4.69, 9.17) is 0 Å². The Hall–Kier alpha value is -1.81. The lowest BCUT2D eigenvalue weighted by Gasteiger charge is -2.08. The number of anilines is 1. The molecule has 0 saturated heterocycles. The summed E-state index contributed by atoms with van der Waals surface area (Å²) in [5.41, 5.74) is 3.26. The molecular weight excluding hydrogens is 290 g/mol. The summed E-state index contributed by atoms with van der Waals surface area (Å²) in [6.07, 6.45) is 1.86. The van der Waals surface area contributed by atoms with Gasteiger partial charge in [0.25, 0.3) is 0 Å². The number of nitrogens with zero attached hydrogens (tertiary/aromatic N) is 2. The van der Waals surface area contributed by atoms with E-state index in [9.17, 15) is 0 Å². The molecule has 0 spiro atoms. The fourth-order valence-corrected chi connectivity index (χ4v) is 2.14. The van der Waals surface area contributed by atoms with E-state index in [0.29, 0.717) is 6.67 Å². The van der Waals surface area contributed by atoms with Gasteiger partial charge in [-0.1, -0.05) is 28.1 Å². The minimum absolute atomic E-state index is 0.710. The monoisotopic (exact) mass is 301 g/mol. The van der Waals surface area contributed by atoms with Gasteiger partial charge in [-0.25, -0.2) is 4.98 Å². The number of fused-ring (bicyclic) bond motifs is 1. The molecule has 2 aromatic carbocycles. The van der Waals surface area contributed by atoms with Crippen molar-refractivity contribution in [3.63, 3.8) is 0 Å². The SMILES string of the molecule is Brc1ccc(NCn2cnc3ccccc32)cc1. The van der Waals surface area contributed by atoms with Gasteiger partial charge in [-0.15, -0.1) is 0 Å². The lowest BCUT2D eigenvalue weighted by atomic mass is 10.3. The summed E-state index contributed by atoms with van der Waals surface area (Å²) in [6.45, 7) is 0.710. The summed E-state index contributed by atoms with van der Waals surface area (Å²) in [4.78, 5) is 4.36. The average Bonchev–Trinajstić information content (AvgIpc) is 2.82. The predicted molar refractivity (Wildman–Crippen MR) is 77.5 cm³/mol. The van der Waals surface area contributed by atoms with E-state index in [0.717, 1.165) is 21.2 Å². The second kappa shape index (κ2) is 4.82. The van der Waals surface area contributed by atoms with Gasteiger partial charge in [-0.2, -0.15) is 0 Å². The Morgan fingerprint density at radius 1 is 1.06 bits per heavy atom. The van der Waals surface area contributed by atoms with E-state index in [1.54, 1.807) is 0 Å². The standard InChI is InChI=1S/C14H12BrN3/c15-11-5-7-12(8-6-11)16-9-18-10-17-13-3-1-2-4-14(13)18/h1-8,10,16H,9H2. The molecule has 90 valence electrons. The number of halogens is 1. The zero-order valence-corrected chi connectivity index (χ0v) is 11.3. The highest BCUT2D eigenvalue weighted by atomic mass is 79.9. The van der Waals surface area contributed by atoms with Crippen LogP contribution in [0.25, 0.3) is 11.0 Å². The van der Waals surface area contributed by atoms with Crippen molar-refractivity contribution in [2.24, 2.45) is 0 Å². The highest BCUT2D eigenvalue weighted by molar-refractivity contribution is 9.10. The molecule has 3 nitrogen and oxygen atoms in total. The van der Waals surface area contributed by atoms with Crippen LogP contribution in [-0.4, -0.2) is 9.55 Å². The summed E-state index contributed by atoms with van der Waals surface area (Å²) < 4.78 is 3.18. The number of rotatable bonds is 3. The molecule has 0 aliphatic rings. The van der Waals surface area contributed by atoms with Crippen LogP contribution >= 0.6 is 15.9 Å². The molecule has 1 heterocycles. The molecule has 0 radical (unpaired) electrons. The van der Waals surface area contributed by atoms with E-state index >= 15 is 0 Å². The third-order valence-corrected chi connectivity index (χ3v) is 3.35.